The number of carbonyl (C=O) groups is 1. The summed E-state index contributed by atoms with van der Waals surface area (Å²) in [6, 6.07) is 4.58. The third-order valence-corrected chi connectivity index (χ3v) is 5.82. The summed E-state index contributed by atoms with van der Waals surface area (Å²) in [4.78, 5) is 18.6. The first-order valence-corrected chi connectivity index (χ1v) is 9.04. The van der Waals surface area contributed by atoms with Crippen LogP contribution < -0.4 is 11.1 Å². The van der Waals surface area contributed by atoms with Crippen molar-refractivity contribution in [2.45, 2.75) is 17.7 Å². The SMILES string of the molecule is Nc1ncc(-c2ccnc(NC(=O)O)c2)cc1S(=O)(=O)N1CCCC1. The van der Waals surface area contributed by atoms with Gasteiger partial charge in [0.1, 0.15) is 16.5 Å². The molecule has 1 amide bonds. The average molecular weight is 363 g/mol. The van der Waals surface area contributed by atoms with Crippen LogP contribution in [0.3, 0.4) is 0 Å². The number of hydrogen-bond acceptors (Lipinski definition) is 6. The maximum absolute atomic E-state index is 12.8. The molecule has 2 aromatic rings. The van der Waals surface area contributed by atoms with E-state index in [9.17, 15) is 13.2 Å². The number of hydrogen-bond donors (Lipinski definition) is 3. The van der Waals surface area contributed by atoms with Crippen molar-refractivity contribution in [1.29, 1.82) is 0 Å². The first kappa shape index (κ1) is 17.1. The van der Waals surface area contributed by atoms with Crippen molar-refractivity contribution in [3.8, 4) is 11.1 Å². The molecular weight excluding hydrogens is 346 g/mol. The molecule has 0 aromatic carbocycles. The summed E-state index contributed by atoms with van der Waals surface area (Å²) in [5.74, 6) is 0.0689. The Morgan fingerprint density at radius 3 is 2.60 bits per heavy atom. The topological polar surface area (TPSA) is 139 Å². The van der Waals surface area contributed by atoms with Gasteiger partial charge in [0.2, 0.25) is 10.0 Å². The number of carboxylic acid groups (broad SMARTS) is 1. The van der Waals surface area contributed by atoms with Gasteiger partial charge in [-0.05, 0) is 36.6 Å². The van der Waals surface area contributed by atoms with Gasteiger partial charge in [-0.3, -0.25) is 5.32 Å². The van der Waals surface area contributed by atoms with E-state index in [0.717, 1.165) is 12.8 Å². The number of nitrogens with one attached hydrogen (secondary N) is 1. The number of nitrogen functional groups attached to an aromatic ring is 1. The number of aromatic nitrogens is 2. The Hall–Kier alpha value is -2.72. The Kier molecular flexibility index (Phi) is 4.55. The van der Waals surface area contributed by atoms with Gasteiger partial charge in [0, 0.05) is 31.0 Å². The van der Waals surface area contributed by atoms with Crippen molar-refractivity contribution in [3.05, 3.63) is 30.6 Å². The van der Waals surface area contributed by atoms with Crippen LogP contribution >= 0.6 is 0 Å². The number of nitrogens with two attached hydrogens (primary N) is 1. The zero-order valence-electron chi connectivity index (χ0n) is 13.2. The molecular formula is C15H17N5O4S. The molecule has 1 aliphatic rings. The van der Waals surface area contributed by atoms with Crippen molar-refractivity contribution in [1.82, 2.24) is 14.3 Å². The van der Waals surface area contributed by atoms with Crippen LogP contribution in [-0.4, -0.2) is 47.0 Å². The molecule has 2 aromatic heterocycles. The molecule has 0 saturated carbocycles. The van der Waals surface area contributed by atoms with Crippen LogP contribution in [0.2, 0.25) is 0 Å². The molecule has 132 valence electrons. The number of pyridine rings is 2. The lowest BCUT2D eigenvalue weighted by Crippen LogP contribution is -2.28. The van der Waals surface area contributed by atoms with Gasteiger partial charge in [-0.1, -0.05) is 0 Å². The van der Waals surface area contributed by atoms with Crippen molar-refractivity contribution in [2.24, 2.45) is 0 Å². The molecule has 9 nitrogen and oxygen atoms in total. The number of anilines is 2. The second-order valence-corrected chi connectivity index (χ2v) is 7.48. The lowest BCUT2D eigenvalue weighted by Gasteiger charge is -2.17. The summed E-state index contributed by atoms with van der Waals surface area (Å²) >= 11 is 0. The second-order valence-electron chi connectivity index (χ2n) is 5.58. The molecule has 1 aliphatic heterocycles. The fraction of sp³-hybridized carbons (Fsp3) is 0.267. The van der Waals surface area contributed by atoms with Crippen LogP contribution in [0.4, 0.5) is 16.4 Å². The van der Waals surface area contributed by atoms with E-state index in [1.165, 1.54) is 28.8 Å². The zero-order valence-corrected chi connectivity index (χ0v) is 14.0. The second kappa shape index (κ2) is 6.65. The summed E-state index contributed by atoms with van der Waals surface area (Å²) in [5.41, 5.74) is 6.87. The largest absolute Gasteiger partial charge is 0.465 e. The van der Waals surface area contributed by atoms with Crippen molar-refractivity contribution in [3.63, 3.8) is 0 Å². The molecule has 0 unspecified atom stereocenters. The molecule has 25 heavy (non-hydrogen) atoms. The van der Waals surface area contributed by atoms with Crippen LogP contribution in [-0.2, 0) is 10.0 Å². The number of nitrogens with zero attached hydrogens (tertiary/aromatic N) is 3. The molecule has 0 atom stereocenters. The summed E-state index contributed by atoms with van der Waals surface area (Å²) in [5, 5.41) is 10.9. The standard InChI is InChI=1S/C15H17N5O4S/c16-14-12(25(23,24)20-5-1-2-6-20)7-11(9-18-14)10-3-4-17-13(8-10)19-15(21)22/h3-4,7-9H,1-2,5-6H2,(H2,16,18)(H,17,19)(H,21,22). The maximum atomic E-state index is 12.8. The minimum absolute atomic E-state index is 0.0449. The Bertz CT molecular complexity index is 910. The first-order chi connectivity index (χ1) is 11.9. The fourth-order valence-corrected chi connectivity index (χ4v) is 4.29. The monoisotopic (exact) mass is 363 g/mol. The molecule has 10 heteroatoms. The lowest BCUT2D eigenvalue weighted by molar-refractivity contribution is 0.209. The van der Waals surface area contributed by atoms with Crippen LogP contribution in [0.15, 0.2) is 35.5 Å². The summed E-state index contributed by atoms with van der Waals surface area (Å²) in [7, 11) is -3.71. The highest BCUT2D eigenvalue weighted by Gasteiger charge is 2.29. The maximum Gasteiger partial charge on any atom is 0.410 e. The van der Waals surface area contributed by atoms with E-state index in [1.807, 2.05) is 0 Å². The molecule has 1 fully saturated rings. The Morgan fingerprint density at radius 2 is 1.92 bits per heavy atom. The number of sulfonamides is 1. The van der Waals surface area contributed by atoms with Gasteiger partial charge < -0.3 is 10.8 Å². The van der Waals surface area contributed by atoms with Crippen LogP contribution in [0.5, 0.6) is 0 Å². The third kappa shape index (κ3) is 3.54. The minimum atomic E-state index is -3.71. The smallest absolute Gasteiger partial charge is 0.410 e. The van der Waals surface area contributed by atoms with Crippen molar-refractivity contribution in [2.75, 3.05) is 24.1 Å². The van der Waals surface area contributed by atoms with Gasteiger partial charge in [-0.15, -0.1) is 0 Å². The van der Waals surface area contributed by atoms with E-state index in [-0.39, 0.29) is 16.5 Å². The van der Waals surface area contributed by atoms with Gasteiger partial charge in [-0.25, -0.2) is 23.2 Å². The van der Waals surface area contributed by atoms with E-state index in [2.05, 4.69) is 15.3 Å². The van der Waals surface area contributed by atoms with Gasteiger partial charge in [0.05, 0.1) is 0 Å². The summed E-state index contributed by atoms with van der Waals surface area (Å²) < 4.78 is 26.9. The van der Waals surface area contributed by atoms with Crippen LogP contribution in [0, 0.1) is 0 Å². The highest BCUT2D eigenvalue weighted by molar-refractivity contribution is 7.89. The highest BCUT2D eigenvalue weighted by Crippen LogP contribution is 2.29. The molecule has 0 spiro atoms. The molecule has 1 saturated heterocycles. The average Bonchev–Trinajstić information content (AvgIpc) is 3.10. The van der Waals surface area contributed by atoms with Gasteiger partial charge >= 0.3 is 6.09 Å². The van der Waals surface area contributed by atoms with Gasteiger partial charge in [0.15, 0.2) is 0 Å². The van der Waals surface area contributed by atoms with Gasteiger partial charge in [0.25, 0.3) is 0 Å². The van der Waals surface area contributed by atoms with E-state index in [1.54, 1.807) is 6.07 Å². The Morgan fingerprint density at radius 1 is 1.20 bits per heavy atom. The first-order valence-electron chi connectivity index (χ1n) is 7.60. The Balaban J connectivity index is 2.01. The van der Waals surface area contributed by atoms with Gasteiger partial charge in [-0.2, -0.15) is 4.31 Å². The molecule has 3 rings (SSSR count). The van der Waals surface area contributed by atoms with Crippen molar-refractivity contribution < 1.29 is 18.3 Å². The van der Waals surface area contributed by atoms with E-state index < -0.39 is 16.1 Å². The molecule has 0 aliphatic carbocycles. The predicted octanol–water partition coefficient (Wildman–Crippen LogP) is 1.60. The lowest BCUT2D eigenvalue weighted by atomic mass is 10.1. The molecule has 3 heterocycles. The molecule has 4 N–H and O–H groups in total. The highest BCUT2D eigenvalue weighted by atomic mass is 32.2. The van der Waals surface area contributed by atoms with Crippen molar-refractivity contribution >= 4 is 27.8 Å². The van der Waals surface area contributed by atoms with E-state index in [4.69, 9.17) is 10.8 Å². The summed E-state index contributed by atoms with van der Waals surface area (Å²) in [6.45, 7) is 0.932. The predicted molar refractivity (Wildman–Crippen MR) is 91.5 cm³/mol. The van der Waals surface area contributed by atoms with E-state index in [0.29, 0.717) is 24.2 Å². The fourth-order valence-electron chi connectivity index (χ4n) is 2.68. The van der Waals surface area contributed by atoms with Crippen LogP contribution in [0.25, 0.3) is 11.1 Å². The summed E-state index contributed by atoms with van der Waals surface area (Å²) in [6.07, 6.45) is 3.27. The minimum Gasteiger partial charge on any atom is -0.465 e. The number of rotatable bonds is 4. The Labute approximate surface area is 144 Å². The molecule has 0 radical (unpaired) electrons. The third-order valence-electron chi connectivity index (χ3n) is 3.89. The quantitative estimate of drug-likeness (QED) is 0.750. The van der Waals surface area contributed by atoms with Crippen LogP contribution in [0.1, 0.15) is 12.8 Å². The zero-order chi connectivity index (χ0) is 18.0. The normalized spacial score (nSPS) is 15.2. The number of amides is 1. The molecule has 0 bridgehead atoms. The van der Waals surface area contributed by atoms with E-state index >= 15 is 0 Å².